The van der Waals surface area contributed by atoms with Crippen molar-refractivity contribution in [2.24, 2.45) is 11.8 Å². The Morgan fingerprint density at radius 3 is 2.39 bits per heavy atom. The van der Waals surface area contributed by atoms with Crippen LogP contribution in [0.3, 0.4) is 0 Å². The Hall–Kier alpha value is -3.30. The zero-order chi connectivity index (χ0) is 38.9. The van der Waals surface area contributed by atoms with Crippen LogP contribution in [-0.2, 0) is 40.1 Å². The molecule has 5 atom stereocenters. The SMILES string of the molecule is CCCC[C@H](NC(=O)[C@H](Cc1cccc2ccccc12)CS(=O)(=O)CCOC(=O)OCC)C(=O)N[C@@H](CC1CCCCC1)[C@@H](O)[C@@H](O)CN1CCOCC1. The number of carbonyl (C=O) groups excluding carboxylic acids is 3. The first-order valence-electron chi connectivity index (χ1n) is 19.7. The number of sulfone groups is 1. The molecule has 2 aromatic carbocycles. The summed E-state index contributed by atoms with van der Waals surface area (Å²) in [4.78, 5) is 42.0. The van der Waals surface area contributed by atoms with Crippen molar-refractivity contribution in [1.29, 1.82) is 0 Å². The van der Waals surface area contributed by atoms with Crippen molar-refractivity contribution < 1.29 is 47.2 Å². The van der Waals surface area contributed by atoms with Crippen LogP contribution in [0.1, 0.15) is 77.2 Å². The van der Waals surface area contributed by atoms with E-state index in [0.29, 0.717) is 45.6 Å². The number of unbranched alkanes of at least 4 members (excludes halogenated alkanes) is 1. The molecular weight excluding hydrogens is 715 g/mol. The molecule has 0 aromatic heterocycles. The first-order valence-corrected chi connectivity index (χ1v) is 21.5. The van der Waals surface area contributed by atoms with Gasteiger partial charge in [-0.2, -0.15) is 0 Å². The number of hydrogen-bond acceptors (Lipinski definition) is 11. The van der Waals surface area contributed by atoms with Gasteiger partial charge in [-0.05, 0) is 48.4 Å². The third-order valence-corrected chi connectivity index (χ3v) is 12.2. The van der Waals surface area contributed by atoms with Crippen LogP contribution in [0.2, 0.25) is 0 Å². The van der Waals surface area contributed by atoms with E-state index in [0.717, 1.165) is 54.9 Å². The molecule has 2 fully saturated rings. The Morgan fingerprint density at radius 1 is 0.944 bits per heavy atom. The van der Waals surface area contributed by atoms with Gasteiger partial charge in [0.1, 0.15) is 18.8 Å². The monoisotopic (exact) mass is 775 g/mol. The molecular formula is C40H61N3O10S. The molecule has 1 aliphatic heterocycles. The van der Waals surface area contributed by atoms with Gasteiger partial charge in [-0.1, -0.05) is 94.3 Å². The normalized spacial score (nSPS) is 18.6. The Bertz CT molecular complexity index is 1570. The number of aliphatic hydroxyl groups excluding tert-OH is 2. The maximum Gasteiger partial charge on any atom is 0.508 e. The lowest BCUT2D eigenvalue weighted by Crippen LogP contribution is -2.57. The van der Waals surface area contributed by atoms with Gasteiger partial charge in [0, 0.05) is 19.6 Å². The summed E-state index contributed by atoms with van der Waals surface area (Å²) >= 11 is 0. The molecule has 14 heteroatoms. The lowest BCUT2D eigenvalue weighted by Gasteiger charge is -2.35. The fourth-order valence-corrected chi connectivity index (χ4v) is 8.89. The number of β-amino-alcohol motifs (C(OH)–C–C–N with tert-alkyl or cyclic N) is 1. The van der Waals surface area contributed by atoms with Crippen LogP contribution in [0.15, 0.2) is 42.5 Å². The number of aliphatic hydroxyl groups is 2. The summed E-state index contributed by atoms with van der Waals surface area (Å²) in [5.41, 5.74) is 0.783. The molecule has 1 aliphatic carbocycles. The molecule has 0 bridgehead atoms. The number of amides is 2. The molecule has 0 spiro atoms. The van der Waals surface area contributed by atoms with Crippen molar-refractivity contribution >= 4 is 38.6 Å². The van der Waals surface area contributed by atoms with Gasteiger partial charge in [-0.3, -0.25) is 14.5 Å². The number of hydrogen-bond donors (Lipinski definition) is 4. The van der Waals surface area contributed by atoms with E-state index in [1.54, 1.807) is 6.92 Å². The van der Waals surface area contributed by atoms with Gasteiger partial charge in [0.05, 0.1) is 49.4 Å². The molecule has 13 nitrogen and oxygen atoms in total. The van der Waals surface area contributed by atoms with Crippen molar-refractivity contribution in [3.63, 3.8) is 0 Å². The fourth-order valence-electron chi connectivity index (χ4n) is 7.50. The number of nitrogens with zero attached hydrogens (tertiary/aromatic N) is 1. The number of carbonyl (C=O) groups is 3. The summed E-state index contributed by atoms with van der Waals surface area (Å²) in [6, 6.07) is 11.6. The lowest BCUT2D eigenvalue weighted by molar-refractivity contribution is -0.132. The van der Waals surface area contributed by atoms with Crippen LogP contribution >= 0.6 is 0 Å². The van der Waals surface area contributed by atoms with Crippen molar-refractivity contribution in [1.82, 2.24) is 15.5 Å². The molecule has 0 unspecified atom stereocenters. The van der Waals surface area contributed by atoms with E-state index in [-0.39, 0.29) is 25.5 Å². The molecule has 2 amide bonds. The van der Waals surface area contributed by atoms with Gasteiger partial charge in [-0.25, -0.2) is 13.2 Å². The summed E-state index contributed by atoms with van der Waals surface area (Å²) < 4.78 is 41.9. The van der Waals surface area contributed by atoms with Crippen molar-refractivity contribution in [2.75, 3.05) is 57.6 Å². The highest BCUT2D eigenvalue weighted by Gasteiger charge is 2.35. The fraction of sp³-hybridized carbons (Fsp3) is 0.675. The number of nitrogens with one attached hydrogen (secondary N) is 2. The van der Waals surface area contributed by atoms with Gasteiger partial charge in [-0.15, -0.1) is 0 Å². The van der Waals surface area contributed by atoms with Gasteiger partial charge in [0.15, 0.2) is 9.84 Å². The first kappa shape index (κ1) is 43.4. The number of ether oxygens (including phenoxy) is 3. The quantitative estimate of drug-likeness (QED) is 0.136. The lowest BCUT2D eigenvalue weighted by atomic mass is 9.83. The van der Waals surface area contributed by atoms with E-state index in [9.17, 15) is 33.0 Å². The van der Waals surface area contributed by atoms with Crippen LogP contribution in [-0.4, -0.2) is 123 Å². The predicted molar refractivity (Wildman–Crippen MR) is 207 cm³/mol. The maximum atomic E-state index is 14.2. The highest BCUT2D eigenvalue weighted by atomic mass is 32.2. The Morgan fingerprint density at radius 2 is 1.67 bits per heavy atom. The largest absolute Gasteiger partial charge is 0.508 e. The van der Waals surface area contributed by atoms with Crippen LogP contribution in [0.25, 0.3) is 10.8 Å². The highest BCUT2D eigenvalue weighted by molar-refractivity contribution is 7.91. The van der Waals surface area contributed by atoms with Crippen molar-refractivity contribution in [3.05, 3.63) is 48.0 Å². The van der Waals surface area contributed by atoms with Gasteiger partial charge < -0.3 is 35.1 Å². The minimum Gasteiger partial charge on any atom is -0.435 e. The molecule has 4 N–H and O–H groups in total. The molecule has 4 rings (SSSR count). The maximum absolute atomic E-state index is 14.2. The summed E-state index contributed by atoms with van der Waals surface area (Å²) in [6.07, 6.45) is 4.19. The smallest absolute Gasteiger partial charge is 0.435 e. The summed E-state index contributed by atoms with van der Waals surface area (Å²) in [5, 5.41) is 30.4. The molecule has 1 saturated heterocycles. The highest BCUT2D eigenvalue weighted by Crippen LogP contribution is 2.29. The second kappa shape index (κ2) is 22.3. The van der Waals surface area contributed by atoms with Crippen molar-refractivity contribution in [3.8, 4) is 0 Å². The second-order valence-corrected chi connectivity index (χ2v) is 16.9. The summed E-state index contributed by atoms with van der Waals surface area (Å²) in [6.45, 7) is 5.87. The predicted octanol–water partition coefficient (Wildman–Crippen LogP) is 3.77. The third-order valence-electron chi connectivity index (χ3n) is 10.5. The average Bonchev–Trinajstić information content (AvgIpc) is 3.16. The average molecular weight is 776 g/mol. The molecule has 54 heavy (non-hydrogen) atoms. The Balaban J connectivity index is 1.54. The Labute approximate surface area is 320 Å². The van der Waals surface area contributed by atoms with Crippen LogP contribution < -0.4 is 10.6 Å². The number of benzene rings is 2. The van der Waals surface area contributed by atoms with Gasteiger partial charge in [0.25, 0.3) is 0 Å². The molecule has 302 valence electrons. The minimum atomic E-state index is -3.92. The molecule has 0 radical (unpaired) electrons. The third kappa shape index (κ3) is 14.1. The van der Waals surface area contributed by atoms with Gasteiger partial charge >= 0.3 is 6.16 Å². The number of morpholine rings is 1. The van der Waals surface area contributed by atoms with E-state index in [2.05, 4.69) is 10.6 Å². The molecule has 1 heterocycles. The zero-order valence-corrected chi connectivity index (χ0v) is 32.8. The van der Waals surface area contributed by atoms with Gasteiger partial charge in [0.2, 0.25) is 11.8 Å². The van der Waals surface area contributed by atoms with E-state index in [1.165, 1.54) is 0 Å². The standard InChI is InChI=1S/C40H61N3O10S/c1-3-5-18-34(39(47)42-35(25-29-12-7-6-8-13-29)37(45)36(44)27-43-19-21-51-22-20-43)41-38(46)32(28-54(49,50)24-23-53-40(48)52-4-2)26-31-16-11-15-30-14-9-10-17-33(30)31/h9-11,14-17,29,32,34-37,44-45H,3-8,12-13,18-28H2,1-2H3,(H,41,46)(H,42,47)/t32-,34+,35+,36+,37-/m1/s1. The summed E-state index contributed by atoms with van der Waals surface area (Å²) in [7, 11) is -3.92. The summed E-state index contributed by atoms with van der Waals surface area (Å²) in [5.74, 6) is -2.90. The molecule has 2 aliphatic rings. The van der Waals surface area contributed by atoms with E-state index in [4.69, 9.17) is 14.2 Å². The second-order valence-electron chi connectivity index (χ2n) is 14.7. The van der Waals surface area contributed by atoms with E-state index in [1.807, 2.05) is 54.3 Å². The minimum absolute atomic E-state index is 0.0843. The topological polar surface area (TPSA) is 181 Å². The number of fused-ring (bicyclic) bond motifs is 1. The van der Waals surface area contributed by atoms with Crippen LogP contribution in [0.5, 0.6) is 0 Å². The molecule has 2 aromatic rings. The van der Waals surface area contributed by atoms with Crippen LogP contribution in [0.4, 0.5) is 4.79 Å². The van der Waals surface area contributed by atoms with Crippen molar-refractivity contribution in [2.45, 2.75) is 102 Å². The first-order chi connectivity index (χ1) is 26.0. The van der Waals surface area contributed by atoms with Crippen LogP contribution in [0, 0.1) is 11.8 Å². The number of rotatable bonds is 21. The van der Waals surface area contributed by atoms with E-state index >= 15 is 0 Å². The molecule has 1 saturated carbocycles. The van der Waals surface area contributed by atoms with E-state index < -0.39 is 76.1 Å². The Kier molecular flexibility index (Phi) is 17.9. The zero-order valence-electron chi connectivity index (χ0n) is 32.0.